The zero-order valence-electron chi connectivity index (χ0n) is 15.8. The Morgan fingerprint density at radius 3 is 2.62 bits per heavy atom. The third-order valence-electron chi connectivity index (χ3n) is 3.29. The molecular weight excluding hydrogens is 336 g/mol. The van der Waals surface area contributed by atoms with E-state index >= 15 is 0 Å². The molecule has 144 valence electrons. The van der Waals surface area contributed by atoms with Gasteiger partial charge in [-0.15, -0.1) is 0 Å². The summed E-state index contributed by atoms with van der Waals surface area (Å²) in [7, 11) is 0. The SMILES string of the molecule is CCNC(=NCc1ccc2c(c1)OCO2)NCCNC(=O)OC(C)(C)C. The smallest absolute Gasteiger partial charge is 0.407 e. The number of carbonyl (C=O) groups excluding carboxylic acids is 1. The van der Waals surface area contributed by atoms with E-state index < -0.39 is 11.7 Å². The molecule has 0 saturated heterocycles. The lowest BCUT2D eigenvalue weighted by molar-refractivity contribution is 0.0529. The topological polar surface area (TPSA) is 93.2 Å². The molecule has 2 rings (SSSR count). The molecule has 0 atom stereocenters. The molecule has 0 radical (unpaired) electrons. The second-order valence-corrected chi connectivity index (χ2v) is 6.74. The van der Waals surface area contributed by atoms with Crippen LogP contribution in [-0.4, -0.2) is 44.1 Å². The molecule has 0 spiro atoms. The Hall–Kier alpha value is -2.64. The normalized spacial score (nSPS) is 13.3. The van der Waals surface area contributed by atoms with Crippen molar-refractivity contribution >= 4 is 12.1 Å². The van der Waals surface area contributed by atoms with Gasteiger partial charge >= 0.3 is 6.09 Å². The molecule has 8 nitrogen and oxygen atoms in total. The minimum Gasteiger partial charge on any atom is -0.454 e. The standard InChI is InChI=1S/C18H28N4O4/c1-5-19-16(20-8-9-21-17(23)26-18(2,3)4)22-11-13-6-7-14-15(10-13)25-12-24-14/h6-7,10H,5,8-9,11-12H2,1-4H3,(H,21,23)(H2,19,20,22). The van der Waals surface area contributed by atoms with Crippen LogP contribution >= 0.6 is 0 Å². The molecule has 0 saturated carbocycles. The van der Waals surface area contributed by atoms with Gasteiger partial charge in [0.15, 0.2) is 17.5 Å². The maximum atomic E-state index is 11.6. The number of amides is 1. The number of carbonyl (C=O) groups is 1. The molecule has 3 N–H and O–H groups in total. The highest BCUT2D eigenvalue weighted by molar-refractivity contribution is 5.79. The zero-order chi connectivity index (χ0) is 19.0. The van der Waals surface area contributed by atoms with Gasteiger partial charge < -0.3 is 30.2 Å². The highest BCUT2D eigenvalue weighted by Crippen LogP contribution is 2.32. The fourth-order valence-corrected chi connectivity index (χ4v) is 2.21. The van der Waals surface area contributed by atoms with Crippen molar-refractivity contribution in [3.8, 4) is 11.5 Å². The summed E-state index contributed by atoms with van der Waals surface area (Å²) < 4.78 is 15.9. The molecule has 0 aromatic heterocycles. The summed E-state index contributed by atoms with van der Waals surface area (Å²) in [4.78, 5) is 16.1. The van der Waals surface area contributed by atoms with Crippen molar-refractivity contribution < 1.29 is 19.0 Å². The van der Waals surface area contributed by atoms with Crippen LogP contribution in [0.5, 0.6) is 11.5 Å². The Morgan fingerprint density at radius 1 is 1.15 bits per heavy atom. The first kappa shape index (κ1) is 19.7. The van der Waals surface area contributed by atoms with Crippen molar-refractivity contribution in [1.29, 1.82) is 0 Å². The largest absolute Gasteiger partial charge is 0.454 e. The van der Waals surface area contributed by atoms with Gasteiger partial charge in [-0.1, -0.05) is 6.07 Å². The molecule has 0 unspecified atom stereocenters. The van der Waals surface area contributed by atoms with Gasteiger partial charge in [0.05, 0.1) is 6.54 Å². The maximum Gasteiger partial charge on any atom is 0.407 e. The molecule has 1 aromatic rings. The van der Waals surface area contributed by atoms with Crippen molar-refractivity contribution in [1.82, 2.24) is 16.0 Å². The summed E-state index contributed by atoms with van der Waals surface area (Å²) in [5.41, 5.74) is 0.525. The summed E-state index contributed by atoms with van der Waals surface area (Å²) in [6, 6.07) is 5.78. The van der Waals surface area contributed by atoms with Crippen molar-refractivity contribution in [2.24, 2.45) is 4.99 Å². The van der Waals surface area contributed by atoms with Crippen molar-refractivity contribution in [3.05, 3.63) is 23.8 Å². The van der Waals surface area contributed by atoms with Crippen molar-refractivity contribution in [2.75, 3.05) is 26.4 Å². The van der Waals surface area contributed by atoms with Crippen LogP contribution in [0.15, 0.2) is 23.2 Å². The van der Waals surface area contributed by atoms with Crippen LogP contribution in [-0.2, 0) is 11.3 Å². The van der Waals surface area contributed by atoms with E-state index in [4.69, 9.17) is 14.2 Å². The van der Waals surface area contributed by atoms with Gasteiger partial charge in [0.2, 0.25) is 6.79 Å². The van der Waals surface area contributed by atoms with Gasteiger partial charge in [-0.25, -0.2) is 9.79 Å². The van der Waals surface area contributed by atoms with Crippen LogP contribution in [0.3, 0.4) is 0 Å². The van der Waals surface area contributed by atoms with Gasteiger partial charge in [0.1, 0.15) is 5.60 Å². The van der Waals surface area contributed by atoms with Crippen LogP contribution in [0.25, 0.3) is 0 Å². The van der Waals surface area contributed by atoms with Gasteiger partial charge in [0, 0.05) is 19.6 Å². The predicted octanol–water partition coefficient (Wildman–Crippen LogP) is 2.00. The molecule has 1 aliphatic rings. The monoisotopic (exact) mass is 364 g/mol. The molecule has 26 heavy (non-hydrogen) atoms. The number of hydrogen-bond acceptors (Lipinski definition) is 5. The van der Waals surface area contributed by atoms with E-state index in [2.05, 4.69) is 20.9 Å². The Balaban J connectivity index is 1.78. The lowest BCUT2D eigenvalue weighted by Gasteiger charge is -2.19. The first-order valence-corrected chi connectivity index (χ1v) is 8.75. The maximum absolute atomic E-state index is 11.6. The third kappa shape index (κ3) is 6.70. The van der Waals surface area contributed by atoms with Crippen LogP contribution in [0.4, 0.5) is 4.79 Å². The summed E-state index contributed by atoms with van der Waals surface area (Å²) in [5, 5.41) is 9.05. The van der Waals surface area contributed by atoms with E-state index in [1.54, 1.807) is 0 Å². The van der Waals surface area contributed by atoms with E-state index in [1.807, 2.05) is 45.9 Å². The summed E-state index contributed by atoms with van der Waals surface area (Å²) in [6.45, 7) is 9.96. The van der Waals surface area contributed by atoms with E-state index in [0.717, 1.165) is 23.6 Å². The number of aliphatic imine (C=N–C) groups is 1. The molecular formula is C18H28N4O4. The second-order valence-electron chi connectivity index (χ2n) is 6.74. The van der Waals surface area contributed by atoms with Crippen LogP contribution in [0.1, 0.15) is 33.3 Å². The van der Waals surface area contributed by atoms with Gasteiger partial charge in [-0.3, -0.25) is 0 Å². The molecule has 0 fully saturated rings. The highest BCUT2D eigenvalue weighted by Gasteiger charge is 2.15. The van der Waals surface area contributed by atoms with Crippen LogP contribution in [0, 0.1) is 0 Å². The number of ether oxygens (including phenoxy) is 3. The number of hydrogen-bond donors (Lipinski definition) is 3. The number of nitrogens with one attached hydrogen (secondary N) is 3. The number of fused-ring (bicyclic) bond motifs is 1. The fraction of sp³-hybridized carbons (Fsp3) is 0.556. The van der Waals surface area contributed by atoms with Gasteiger partial charge in [0.25, 0.3) is 0 Å². The van der Waals surface area contributed by atoms with Crippen molar-refractivity contribution in [2.45, 2.75) is 39.8 Å². The number of nitrogens with zero attached hydrogens (tertiary/aromatic N) is 1. The lowest BCUT2D eigenvalue weighted by Crippen LogP contribution is -2.42. The van der Waals surface area contributed by atoms with E-state index in [9.17, 15) is 4.79 Å². The van der Waals surface area contributed by atoms with Gasteiger partial charge in [-0.05, 0) is 45.4 Å². The number of rotatable bonds is 6. The summed E-state index contributed by atoms with van der Waals surface area (Å²) in [6.07, 6.45) is -0.429. The number of benzene rings is 1. The summed E-state index contributed by atoms with van der Waals surface area (Å²) >= 11 is 0. The van der Waals surface area contributed by atoms with E-state index in [-0.39, 0.29) is 6.79 Å². The summed E-state index contributed by atoms with van der Waals surface area (Å²) in [5.74, 6) is 2.18. The molecule has 1 aliphatic heterocycles. The number of alkyl carbamates (subject to hydrolysis) is 1. The molecule has 1 heterocycles. The minimum atomic E-state index is -0.501. The zero-order valence-corrected chi connectivity index (χ0v) is 15.8. The Bertz CT molecular complexity index is 641. The Labute approximate surface area is 154 Å². The minimum absolute atomic E-state index is 0.261. The number of guanidine groups is 1. The molecule has 8 heteroatoms. The van der Waals surface area contributed by atoms with E-state index in [0.29, 0.717) is 25.6 Å². The van der Waals surface area contributed by atoms with Crippen LogP contribution < -0.4 is 25.4 Å². The molecule has 1 amide bonds. The quantitative estimate of drug-likeness (QED) is 0.406. The lowest BCUT2D eigenvalue weighted by atomic mass is 10.2. The highest BCUT2D eigenvalue weighted by atomic mass is 16.7. The van der Waals surface area contributed by atoms with Crippen molar-refractivity contribution in [3.63, 3.8) is 0 Å². The Kier molecular flexibility index (Phi) is 6.94. The molecule has 0 bridgehead atoms. The molecule has 0 aliphatic carbocycles. The first-order valence-electron chi connectivity index (χ1n) is 8.75. The first-order chi connectivity index (χ1) is 12.4. The van der Waals surface area contributed by atoms with Crippen LogP contribution in [0.2, 0.25) is 0 Å². The average molecular weight is 364 g/mol. The Morgan fingerprint density at radius 2 is 1.88 bits per heavy atom. The van der Waals surface area contributed by atoms with Gasteiger partial charge in [-0.2, -0.15) is 0 Å². The third-order valence-corrected chi connectivity index (χ3v) is 3.29. The predicted molar refractivity (Wildman–Crippen MR) is 99.6 cm³/mol. The van der Waals surface area contributed by atoms with E-state index in [1.165, 1.54) is 0 Å². The fourth-order valence-electron chi connectivity index (χ4n) is 2.21. The molecule has 1 aromatic carbocycles. The second kappa shape index (κ2) is 9.17. The average Bonchev–Trinajstić information content (AvgIpc) is 3.02.